The van der Waals surface area contributed by atoms with Gasteiger partial charge in [-0.05, 0) is 39.4 Å². The number of benzene rings is 1. The van der Waals surface area contributed by atoms with Crippen molar-refractivity contribution in [1.29, 1.82) is 0 Å². The first-order valence-corrected chi connectivity index (χ1v) is 6.89. The van der Waals surface area contributed by atoms with Crippen LogP contribution >= 0.6 is 11.8 Å². The fraction of sp³-hybridized carbons (Fsp3) is 0.500. The van der Waals surface area contributed by atoms with Crippen molar-refractivity contribution in [2.75, 3.05) is 19.9 Å². The highest BCUT2D eigenvalue weighted by atomic mass is 32.2. The van der Waals surface area contributed by atoms with E-state index in [2.05, 4.69) is 37.4 Å². The maximum Gasteiger partial charge on any atom is 0.326 e. The maximum absolute atomic E-state index is 11.7. The molecule has 0 fully saturated rings. The first kappa shape index (κ1) is 15.1. The largest absolute Gasteiger partial charge is 0.468 e. The number of carbonyl (C=O) groups is 1. The third-order valence-corrected chi connectivity index (χ3v) is 4.53. The zero-order chi connectivity index (χ0) is 13.8. The SMILES string of the molecule is CNC(C)(CSc1ccc(C)cc1C)C(=O)OC. The van der Waals surface area contributed by atoms with Crippen LogP contribution < -0.4 is 5.32 Å². The van der Waals surface area contributed by atoms with Crippen molar-refractivity contribution < 1.29 is 9.53 Å². The van der Waals surface area contributed by atoms with Gasteiger partial charge >= 0.3 is 5.97 Å². The molecule has 0 saturated carbocycles. The number of aryl methyl sites for hydroxylation is 2. The van der Waals surface area contributed by atoms with Crippen molar-refractivity contribution in [3.05, 3.63) is 29.3 Å². The lowest BCUT2D eigenvalue weighted by atomic mass is 10.1. The van der Waals surface area contributed by atoms with E-state index in [4.69, 9.17) is 4.74 Å². The standard InChI is InChI=1S/C14H21NO2S/c1-10-6-7-12(11(2)8-10)18-9-14(3,15-4)13(16)17-5/h6-8,15H,9H2,1-5H3. The molecule has 0 saturated heterocycles. The second kappa shape index (κ2) is 6.25. The van der Waals surface area contributed by atoms with Crippen LogP contribution in [0.25, 0.3) is 0 Å². The molecule has 18 heavy (non-hydrogen) atoms. The molecule has 0 aromatic heterocycles. The van der Waals surface area contributed by atoms with E-state index in [1.165, 1.54) is 23.1 Å². The van der Waals surface area contributed by atoms with E-state index in [0.29, 0.717) is 5.75 Å². The quantitative estimate of drug-likeness (QED) is 0.657. The van der Waals surface area contributed by atoms with Crippen LogP contribution in [-0.2, 0) is 9.53 Å². The second-order valence-corrected chi connectivity index (χ2v) is 5.65. The molecule has 1 aromatic rings. The molecule has 3 nitrogen and oxygen atoms in total. The number of hydrogen-bond acceptors (Lipinski definition) is 4. The Morgan fingerprint density at radius 3 is 2.61 bits per heavy atom. The van der Waals surface area contributed by atoms with Gasteiger partial charge in [0.1, 0.15) is 5.54 Å². The molecule has 4 heteroatoms. The number of thioether (sulfide) groups is 1. The summed E-state index contributed by atoms with van der Waals surface area (Å²) in [5, 5.41) is 3.03. The van der Waals surface area contributed by atoms with Gasteiger partial charge in [0.05, 0.1) is 7.11 Å². The summed E-state index contributed by atoms with van der Waals surface area (Å²) < 4.78 is 4.83. The number of esters is 1. The van der Waals surface area contributed by atoms with Crippen LogP contribution in [0.3, 0.4) is 0 Å². The Labute approximate surface area is 113 Å². The summed E-state index contributed by atoms with van der Waals surface area (Å²) in [4.78, 5) is 12.9. The van der Waals surface area contributed by atoms with Crippen LogP contribution in [0.4, 0.5) is 0 Å². The molecular formula is C14H21NO2S. The highest BCUT2D eigenvalue weighted by molar-refractivity contribution is 7.99. The molecule has 0 aliphatic carbocycles. The Bertz CT molecular complexity index is 434. The average molecular weight is 267 g/mol. The van der Waals surface area contributed by atoms with Crippen molar-refractivity contribution in [3.63, 3.8) is 0 Å². The molecule has 0 bridgehead atoms. The number of nitrogens with one attached hydrogen (secondary N) is 1. The van der Waals surface area contributed by atoms with Crippen LogP contribution in [0.5, 0.6) is 0 Å². The zero-order valence-electron chi connectivity index (χ0n) is 11.7. The lowest BCUT2D eigenvalue weighted by Gasteiger charge is -2.25. The molecule has 0 heterocycles. The molecule has 100 valence electrons. The fourth-order valence-electron chi connectivity index (χ4n) is 1.64. The van der Waals surface area contributed by atoms with E-state index in [0.717, 1.165) is 0 Å². The molecule has 1 aromatic carbocycles. The van der Waals surface area contributed by atoms with Crippen molar-refractivity contribution >= 4 is 17.7 Å². The van der Waals surface area contributed by atoms with Gasteiger partial charge < -0.3 is 10.1 Å². The minimum atomic E-state index is -0.656. The third-order valence-electron chi connectivity index (χ3n) is 3.03. The summed E-state index contributed by atoms with van der Waals surface area (Å²) in [5.74, 6) is 0.405. The van der Waals surface area contributed by atoms with Crippen molar-refractivity contribution in [2.24, 2.45) is 0 Å². The van der Waals surface area contributed by atoms with E-state index >= 15 is 0 Å². The van der Waals surface area contributed by atoms with E-state index in [1.807, 2.05) is 6.92 Å². The number of methoxy groups -OCH3 is 1. The van der Waals surface area contributed by atoms with Crippen LogP contribution in [0.1, 0.15) is 18.1 Å². The van der Waals surface area contributed by atoms with Crippen molar-refractivity contribution in [3.8, 4) is 0 Å². The molecule has 0 aliphatic rings. The lowest BCUT2D eigenvalue weighted by molar-refractivity contribution is -0.146. The van der Waals surface area contributed by atoms with Crippen molar-refractivity contribution in [1.82, 2.24) is 5.32 Å². The van der Waals surface area contributed by atoms with E-state index in [-0.39, 0.29) is 5.97 Å². The van der Waals surface area contributed by atoms with Gasteiger partial charge in [-0.2, -0.15) is 0 Å². The summed E-state index contributed by atoms with van der Waals surface area (Å²) in [6, 6.07) is 6.34. The smallest absolute Gasteiger partial charge is 0.326 e. The van der Waals surface area contributed by atoms with E-state index in [1.54, 1.807) is 18.8 Å². The molecule has 0 aliphatic heterocycles. The molecule has 1 unspecified atom stereocenters. The first-order chi connectivity index (χ1) is 8.42. The Morgan fingerprint density at radius 2 is 2.11 bits per heavy atom. The predicted molar refractivity (Wildman–Crippen MR) is 76.1 cm³/mol. The molecule has 0 amide bonds. The topological polar surface area (TPSA) is 38.3 Å². The zero-order valence-corrected chi connectivity index (χ0v) is 12.5. The van der Waals surface area contributed by atoms with Gasteiger partial charge in [0, 0.05) is 10.6 Å². The number of hydrogen-bond donors (Lipinski definition) is 1. The Balaban J connectivity index is 2.77. The Kier molecular flexibility index (Phi) is 5.23. The lowest BCUT2D eigenvalue weighted by Crippen LogP contribution is -2.50. The van der Waals surface area contributed by atoms with E-state index in [9.17, 15) is 4.79 Å². The van der Waals surface area contributed by atoms with Crippen LogP contribution in [0.15, 0.2) is 23.1 Å². The summed E-state index contributed by atoms with van der Waals surface area (Å²) in [6.45, 7) is 6.02. The van der Waals surface area contributed by atoms with Gasteiger partial charge in [-0.3, -0.25) is 4.79 Å². The van der Waals surface area contributed by atoms with Gasteiger partial charge in [0.25, 0.3) is 0 Å². The average Bonchev–Trinajstić information content (AvgIpc) is 2.36. The predicted octanol–water partition coefficient (Wildman–Crippen LogP) is 2.55. The molecular weight excluding hydrogens is 246 g/mol. The van der Waals surface area contributed by atoms with Gasteiger partial charge in [-0.15, -0.1) is 11.8 Å². The summed E-state index contributed by atoms with van der Waals surface area (Å²) >= 11 is 1.67. The molecule has 0 radical (unpaired) electrons. The number of likely N-dealkylation sites (N-methyl/N-ethyl adjacent to an activating group) is 1. The number of rotatable bonds is 5. The highest BCUT2D eigenvalue weighted by Gasteiger charge is 2.32. The molecule has 1 rings (SSSR count). The minimum absolute atomic E-state index is 0.234. The van der Waals surface area contributed by atoms with Crippen molar-refractivity contribution in [2.45, 2.75) is 31.2 Å². The fourth-order valence-corrected chi connectivity index (χ4v) is 2.80. The van der Waals surface area contributed by atoms with Crippen LogP contribution in [-0.4, -0.2) is 31.4 Å². The Hall–Kier alpha value is -1.00. The molecule has 0 spiro atoms. The number of carbonyl (C=O) groups excluding carboxylic acids is 1. The van der Waals surface area contributed by atoms with Gasteiger partial charge in [0.15, 0.2) is 0 Å². The summed E-state index contributed by atoms with van der Waals surface area (Å²) in [7, 11) is 3.19. The van der Waals surface area contributed by atoms with Gasteiger partial charge in [-0.1, -0.05) is 17.7 Å². The van der Waals surface area contributed by atoms with Crippen LogP contribution in [0, 0.1) is 13.8 Å². The van der Waals surface area contributed by atoms with Gasteiger partial charge in [-0.25, -0.2) is 0 Å². The highest BCUT2D eigenvalue weighted by Crippen LogP contribution is 2.26. The number of ether oxygens (including phenoxy) is 1. The monoisotopic (exact) mass is 267 g/mol. The normalized spacial score (nSPS) is 14.1. The third kappa shape index (κ3) is 3.50. The van der Waals surface area contributed by atoms with Gasteiger partial charge in [0.2, 0.25) is 0 Å². The van der Waals surface area contributed by atoms with Crippen LogP contribution in [0.2, 0.25) is 0 Å². The summed E-state index contributed by atoms with van der Waals surface area (Å²) in [5.41, 5.74) is 1.83. The maximum atomic E-state index is 11.7. The van der Waals surface area contributed by atoms with E-state index < -0.39 is 5.54 Å². The Morgan fingerprint density at radius 1 is 1.44 bits per heavy atom. The summed E-state index contributed by atoms with van der Waals surface area (Å²) in [6.07, 6.45) is 0. The minimum Gasteiger partial charge on any atom is -0.468 e. The second-order valence-electron chi connectivity index (χ2n) is 4.63. The molecule has 1 atom stereocenters. The molecule has 1 N–H and O–H groups in total. The first-order valence-electron chi connectivity index (χ1n) is 5.90.